The van der Waals surface area contributed by atoms with Crippen LogP contribution in [0.25, 0.3) is 32.9 Å². The number of para-hydroxylation sites is 1. The molecule has 1 aromatic carbocycles. The van der Waals surface area contributed by atoms with E-state index in [0.29, 0.717) is 54.0 Å². The van der Waals surface area contributed by atoms with Gasteiger partial charge in [0.2, 0.25) is 27.4 Å². The van der Waals surface area contributed by atoms with Crippen LogP contribution in [0.1, 0.15) is 117 Å². The molecule has 3 saturated carbocycles. The molecule has 5 atom stereocenters. The fourth-order valence-corrected chi connectivity index (χ4v) is 11.2. The van der Waals surface area contributed by atoms with Crippen molar-refractivity contribution >= 4 is 67.2 Å². The van der Waals surface area contributed by atoms with Gasteiger partial charge in [-0.25, -0.2) is 23.2 Å². The first-order valence-electron chi connectivity index (χ1n) is 22.2. The summed E-state index contributed by atoms with van der Waals surface area (Å²) in [6, 6.07) is 5.27. The number of carbonyl (C=O) groups excluding carboxylic acids is 4. The normalized spacial score (nSPS) is 27.1. The summed E-state index contributed by atoms with van der Waals surface area (Å²) >= 11 is 1.41. The van der Waals surface area contributed by atoms with Crippen molar-refractivity contribution in [3.63, 3.8) is 0 Å². The third kappa shape index (κ3) is 8.64. The van der Waals surface area contributed by atoms with E-state index in [1.54, 1.807) is 6.92 Å². The second kappa shape index (κ2) is 16.5. The predicted octanol–water partition coefficient (Wildman–Crippen LogP) is 6.58. The highest BCUT2D eigenvalue weighted by Gasteiger charge is 2.63. The quantitative estimate of drug-likeness (QED) is 0.160. The van der Waals surface area contributed by atoms with Gasteiger partial charge in [0.15, 0.2) is 10.8 Å². The maximum absolute atomic E-state index is 14.8. The lowest BCUT2D eigenvalue weighted by Crippen LogP contribution is -2.58. The maximum atomic E-state index is 14.8. The van der Waals surface area contributed by atoms with Gasteiger partial charge < -0.3 is 29.4 Å². The Kier molecular flexibility index (Phi) is 11.3. The number of aromatic nitrogens is 3. The van der Waals surface area contributed by atoms with Gasteiger partial charge in [-0.1, -0.05) is 57.9 Å². The molecular formula is C45H55N7O9S2. The Labute approximate surface area is 370 Å². The second-order valence-corrected chi connectivity index (χ2v) is 22.2. The molecule has 3 N–H and O–H groups in total. The molecule has 2 aliphatic heterocycles. The third-order valence-electron chi connectivity index (χ3n) is 13.3. The van der Waals surface area contributed by atoms with E-state index in [1.807, 2.05) is 41.8 Å². The van der Waals surface area contributed by atoms with Crippen LogP contribution in [0.5, 0.6) is 5.88 Å². The first kappa shape index (κ1) is 43.2. The van der Waals surface area contributed by atoms with E-state index in [4.69, 9.17) is 28.8 Å². The van der Waals surface area contributed by atoms with Crippen molar-refractivity contribution in [3.8, 4) is 16.7 Å². The summed E-state index contributed by atoms with van der Waals surface area (Å²) in [5, 5.41) is 9.06. The molecular weight excluding hydrogens is 847 g/mol. The van der Waals surface area contributed by atoms with Crippen LogP contribution in [0.3, 0.4) is 0 Å². The maximum Gasteiger partial charge on any atom is 0.408 e. The summed E-state index contributed by atoms with van der Waals surface area (Å²) < 4.78 is 46.5. The highest BCUT2D eigenvalue weighted by molar-refractivity contribution is 7.91. The van der Waals surface area contributed by atoms with Crippen LogP contribution in [-0.2, 0) is 34.6 Å². The molecule has 0 spiro atoms. The second-order valence-electron chi connectivity index (χ2n) is 19.1. The Hall–Kier alpha value is -5.10. The molecule has 4 amide bonds. The molecule has 0 unspecified atom stereocenters. The molecule has 16 nitrogen and oxygen atoms in total. The smallest absolute Gasteiger partial charge is 0.408 e. The number of thiazole rings is 1. The summed E-state index contributed by atoms with van der Waals surface area (Å²) in [7, 11) is -4.02. The molecule has 9 rings (SSSR count). The van der Waals surface area contributed by atoms with E-state index in [1.165, 1.54) is 16.2 Å². The van der Waals surface area contributed by atoms with E-state index in [9.17, 15) is 27.6 Å². The molecule has 3 aromatic heterocycles. The molecule has 4 aromatic rings. The van der Waals surface area contributed by atoms with Gasteiger partial charge in [-0.2, -0.15) is 4.98 Å². The Morgan fingerprint density at radius 1 is 1.00 bits per heavy atom. The average Bonchev–Trinajstić information content (AvgIpc) is 3.72. The number of hydrogen-bond donors (Lipinski definition) is 3. The number of benzene rings is 1. The number of furan rings is 1. The number of hydrogen-bond acceptors (Lipinski definition) is 13. The molecule has 0 radical (unpaired) electrons. The van der Waals surface area contributed by atoms with Crippen LogP contribution in [0.4, 0.5) is 4.79 Å². The zero-order chi connectivity index (χ0) is 44.3. The van der Waals surface area contributed by atoms with Crippen molar-refractivity contribution < 1.29 is 41.5 Å². The standard InChI is InChI=1S/C45H55N7O9S2/c1-43(2,3)33-25-62-39(47-33)36-48-34-29-17-12-13-19-32(29)61-35(34)38(49-36)59-28-22-31-37(53)50-45(41(55)51-63(57,58)44(4)20-21-44)23-26(45)14-8-6-5-7-9-18-30(40(54)52(31)24-28)46-42(56)60-27-15-10-11-16-27/h8,12-14,17,19,25-28,30-31H,5-7,9-11,15-16,18,20-24H2,1-4H3,(H,46,56)(H,50,53)(H,51,55)/b14-8-/t26-,28+,30-,31-,45+/m0/s1. The number of alkyl carbamates (subject to hydrolysis) is 1. The molecule has 0 bridgehead atoms. The minimum absolute atomic E-state index is 0.0160. The number of amides is 4. The lowest BCUT2D eigenvalue weighted by atomic mass is 9.93. The van der Waals surface area contributed by atoms with Crippen LogP contribution in [0.15, 0.2) is 46.2 Å². The lowest BCUT2D eigenvalue weighted by molar-refractivity contribution is -0.141. The fraction of sp³-hybridized carbons (Fsp3) is 0.578. The molecule has 5 aliphatic rings. The first-order chi connectivity index (χ1) is 30.0. The Bertz CT molecular complexity index is 2590. The van der Waals surface area contributed by atoms with Gasteiger partial charge in [-0.15, -0.1) is 11.3 Å². The Morgan fingerprint density at radius 3 is 2.51 bits per heavy atom. The van der Waals surface area contributed by atoms with Crippen molar-refractivity contribution in [2.75, 3.05) is 6.54 Å². The molecule has 63 heavy (non-hydrogen) atoms. The van der Waals surface area contributed by atoms with Gasteiger partial charge in [-0.3, -0.25) is 19.1 Å². The molecule has 336 valence electrons. The summed E-state index contributed by atoms with van der Waals surface area (Å²) in [4.78, 5) is 72.9. The van der Waals surface area contributed by atoms with Crippen LogP contribution >= 0.6 is 11.3 Å². The zero-order valence-electron chi connectivity index (χ0n) is 36.1. The van der Waals surface area contributed by atoms with Crippen molar-refractivity contribution in [3.05, 3.63) is 47.5 Å². The number of nitrogens with one attached hydrogen (secondary N) is 3. The average molecular weight is 902 g/mol. The van der Waals surface area contributed by atoms with Gasteiger partial charge in [0.1, 0.15) is 40.9 Å². The van der Waals surface area contributed by atoms with E-state index in [2.05, 4.69) is 36.1 Å². The first-order valence-corrected chi connectivity index (χ1v) is 24.6. The highest BCUT2D eigenvalue weighted by atomic mass is 32.2. The van der Waals surface area contributed by atoms with Crippen molar-refractivity contribution in [2.45, 2.75) is 151 Å². The molecule has 1 saturated heterocycles. The lowest BCUT2D eigenvalue weighted by Gasteiger charge is -2.30. The predicted molar refractivity (Wildman–Crippen MR) is 235 cm³/mol. The highest BCUT2D eigenvalue weighted by Crippen LogP contribution is 2.48. The summed E-state index contributed by atoms with van der Waals surface area (Å²) in [5.74, 6) is -1.98. The monoisotopic (exact) mass is 901 g/mol. The van der Waals surface area contributed by atoms with E-state index < -0.39 is 68.2 Å². The molecule has 18 heteroatoms. The molecule has 3 aliphatic carbocycles. The largest absolute Gasteiger partial charge is 0.470 e. The number of nitrogens with zero attached hydrogens (tertiary/aromatic N) is 4. The minimum atomic E-state index is -4.02. The van der Waals surface area contributed by atoms with Crippen LogP contribution in [0, 0.1) is 5.92 Å². The number of fused-ring (bicyclic) bond motifs is 5. The van der Waals surface area contributed by atoms with E-state index in [0.717, 1.165) is 49.6 Å². The number of carbonyl (C=O) groups is 4. The van der Waals surface area contributed by atoms with Gasteiger partial charge in [-0.05, 0) is 83.3 Å². The number of allylic oxidation sites excluding steroid dienone is 1. The summed E-state index contributed by atoms with van der Waals surface area (Å²) in [5.41, 5.74) is 0.484. The van der Waals surface area contributed by atoms with Crippen molar-refractivity contribution in [1.82, 2.24) is 35.2 Å². The van der Waals surface area contributed by atoms with E-state index >= 15 is 0 Å². The summed E-state index contributed by atoms with van der Waals surface area (Å²) in [6.45, 7) is 7.74. The fourth-order valence-electron chi connectivity index (χ4n) is 8.90. The van der Waals surface area contributed by atoms with Gasteiger partial charge in [0, 0.05) is 28.5 Å². The van der Waals surface area contributed by atoms with Crippen molar-refractivity contribution in [1.29, 1.82) is 0 Å². The Balaban J connectivity index is 1.06. The number of ether oxygens (including phenoxy) is 2. The van der Waals surface area contributed by atoms with Crippen LogP contribution in [-0.4, -0.2) is 93.2 Å². The third-order valence-corrected chi connectivity index (χ3v) is 16.3. The molecule has 4 fully saturated rings. The topological polar surface area (TPSA) is 212 Å². The van der Waals surface area contributed by atoms with E-state index in [-0.39, 0.29) is 42.4 Å². The van der Waals surface area contributed by atoms with Crippen LogP contribution in [0.2, 0.25) is 0 Å². The minimum Gasteiger partial charge on any atom is -0.470 e. The SMILES string of the molecule is CC(C)(C)c1csc(-c2nc(O[C@@H]3C[C@H]4C(=O)N[C@]5(C(=O)NS(=O)(=O)C6(C)CC6)C[C@@H]5/C=C\CCCCC[C@H](NC(=O)OC5CCCC5)C(=O)N4C3)c3oc4ccccc4c3n2)n1. The number of sulfonamides is 1. The van der Waals surface area contributed by atoms with Gasteiger partial charge in [0.05, 0.1) is 17.0 Å². The zero-order valence-corrected chi connectivity index (χ0v) is 37.7. The summed E-state index contributed by atoms with van der Waals surface area (Å²) in [6.07, 6.45) is 9.72. The Morgan fingerprint density at radius 2 is 1.76 bits per heavy atom. The number of rotatable bonds is 8. The van der Waals surface area contributed by atoms with Gasteiger partial charge >= 0.3 is 6.09 Å². The van der Waals surface area contributed by atoms with Crippen LogP contribution < -0.4 is 20.1 Å². The van der Waals surface area contributed by atoms with Crippen molar-refractivity contribution in [2.24, 2.45) is 5.92 Å². The molecule has 5 heterocycles. The van der Waals surface area contributed by atoms with Gasteiger partial charge in [0.25, 0.3) is 11.8 Å².